The molecule has 0 saturated heterocycles. The number of aromatic nitrogens is 1. The molecule has 3 aromatic rings. The summed E-state index contributed by atoms with van der Waals surface area (Å²) < 4.78 is 6.36. The van der Waals surface area contributed by atoms with Crippen molar-refractivity contribution in [2.24, 2.45) is 0 Å². The molecule has 0 bridgehead atoms. The van der Waals surface area contributed by atoms with E-state index < -0.39 is 0 Å². The first kappa shape index (κ1) is 25.5. The number of aryl methyl sites for hydroxylation is 1. The summed E-state index contributed by atoms with van der Waals surface area (Å²) in [6, 6.07) is 6.98. The average Bonchev–Trinajstić information content (AvgIpc) is 2.86. The smallest absolute Gasteiger partial charge is 0.297 e. The summed E-state index contributed by atoms with van der Waals surface area (Å²) in [6.45, 7) is 7.47. The van der Waals surface area contributed by atoms with Crippen LogP contribution in [-0.4, -0.2) is 30.1 Å². The lowest BCUT2D eigenvalue weighted by Gasteiger charge is -2.21. The zero-order chi connectivity index (χ0) is 25.7. The van der Waals surface area contributed by atoms with Crippen molar-refractivity contribution < 1.29 is 14.0 Å². The number of fused-ring (bicyclic) bond motifs is 1. The van der Waals surface area contributed by atoms with Crippen molar-refractivity contribution >= 4 is 28.1 Å². The summed E-state index contributed by atoms with van der Waals surface area (Å²) >= 11 is 0. The number of nitrogens with zero attached hydrogens (tertiary/aromatic N) is 2. The van der Waals surface area contributed by atoms with Gasteiger partial charge in [0, 0.05) is 29.9 Å². The van der Waals surface area contributed by atoms with Crippen molar-refractivity contribution in [1.29, 1.82) is 0 Å². The van der Waals surface area contributed by atoms with E-state index in [0.29, 0.717) is 33.6 Å². The van der Waals surface area contributed by atoms with Crippen LogP contribution in [0.2, 0.25) is 0 Å². The molecule has 0 spiro atoms. The predicted molar refractivity (Wildman–Crippen MR) is 139 cm³/mol. The SMILES string of the molecule is C#C/C=C\C(=C/C)c1oc2c(C(C)Nc3cccnc3C(=O)N(C)OC)cc(C)cc2c(=O)c1C. The van der Waals surface area contributed by atoms with Crippen LogP contribution in [0.5, 0.6) is 0 Å². The zero-order valence-electron chi connectivity index (χ0n) is 20.8. The molecule has 0 aliphatic rings. The fourth-order valence-corrected chi connectivity index (χ4v) is 3.84. The van der Waals surface area contributed by atoms with Crippen molar-refractivity contribution in [1.82, 2.24) is 10.0 Å². The highest BCUT2D eigenvalue weighted by molar-refractivity contribution is 5.97. The van der Waals surface area contributed by atoms with Gasteiger partial charge in [0.1, 0.15) is 11.3 Å². The minimum absolute atomic E-state index is 0.106. The van der Waals surface area contributed by atoms with Crippen LogP contribution in [0.15, 0.2) is 57.9 Å². The Morgan fingerprint density at radius 3 is 2.74 bits per heavy atom. The van der Waals surface area contributed by atoms with E-state index in [1.54, 1.807) is 37.4 Å². The molecule has 1 atom stereocenters. The van der Waals surface area contributed by atoms with Crippen molar-refractivity contribution in [3.05, 3.63) is 87.1 Å². The summed E-state index contributed by atoms with van der Waals surface area (Å²) in [5, 5.41) is 4.96. The van der Waals surface area contributed by atoms with Crippen molar-refractivity contribution in [2.45, 2.75) is 33.7 Å². The molecule has 0 radical (unpaired) electrons. The monoisotopic (exact) mass is 471 g/mol. The number of pyridine rings is 1. The van der Waals surface area contributed by atoms with Gasteiger partial charge in [0.2, 0.25) is 0 Å². The Morgan fingerprint density at radius 2 is 2.09 bits per heavy atom. The van der Waals surface area contributed by atoms with Crippen LogP contribution in [0.25, 0.3) is 16.5 Å². The molecular weight excluding hydrogens is 442 g/mol. The average molecular weight is 472 g/mol. The summed E-state index contributed by atoms with van der Waals surface area (Å²) in [6.07, 6.45) is 12.1. The number of carbonyl (C=O) groups excluding carboxylic acids is 1. The van der Waals surface area contributed by atoms with E-state index in [0.717, 1.165) is 16.2 Å². The number of rotatable bonds is 7. The topological polar surface area (TPSA) is 84.7 Å². The van der Waals surface area contributed by atoms with Gasteiger partial charge >= 0.3 is 0 Å². The van der Waals surface area contributed by atoms with E-state index in [2.05, 4.69) is 16.2 Å². The molecule has 35 heavy (non-hydrogen) atoms. The number of allylic oxidation sites excluding steroid dienone is 4. The lowest BCUT2D eigenvalue weighted by molar-refractivity contribution is -0.0759. The quantitative estimate of drug-likeness (QED) is 0.290. The van der Waals surface area contributed by atoms with Crippen LogP contribution >= 0.6 is 0 Å². The molecular formula is C28H29N3O4. The number of anilines is 1. The molecule has 7 nitrogen and oxygen atoms in total. The van der Waals surface area contributed by atoms with E-state index >= 15 is 0 Å². The van der Waals surface area contributed by atoms with Gasteiger partial charge in [-0.05, 0) is 63.6 Å². The maximum atomic E-state index is 13.3. The first-order chi connectivity index (χ1) is 16.7. The molecule has 7 heteroatoms. The summed E-state index contributed by atoms with van der Waals surface area (Å²) in [4.78, 5) is 35.3. The molecule has 1 N–H and O–H groups in total. The Hall–Kier alpha value is -4.15. The van der Waals surface area contributed by atoms with Crippen LogP contribution in [0.1, 0.15) is 52.8 Å². The maximum Gasteiger partial charge on any atom is 0.297 e. The van der Waals surface area contributed by atoms with Gasteiger partial charge in [0.05, 0.1) is 24.2 Å². The highest BCUT2D eigenvalue weighted by atomic mass is 16.7. The largest absolute Gasteiger partial charge is 0.455 e. The number of amides is 1. The van der Waals surface area contributed by atoms with Gasteiger partial charge in [0.25, 0.3) is 5.91 Å². The van der Waals surface area contributed by atoms with E-state index in [9.17, 15) is 9.59 Å². The summed E-state index contributed by atoms with van der Waals surface area (Å²) in [5.74, 6) is 2.54. The molecule has 3 rings (SSSR count). The Bertz CT molecular complexity index is 1430. The fourth-order valence-electron chi connectivity index (χ4n) is 3.84. The second-order valence-corrected chi connectivity index (χ2v) is 8.11. The molecule has 0 aliphatic heterocycles. The second-order valence-electron chi connectivity index (χ2n) is 8.11. The highest BCUT2D eigenvalue weighted by Crippen LogP contribution is 2.31. The lowest BCUT2D eigenvalue weighted by atomic mass is 9.98. The lowest BCUT2D eigenvalue weighted by Crippen LogP contribution is -2.27. The van der Waals surface area contributed by atoms with Crippen LogP contribution < -0.4 is 10.7 Å². The van der Waals surface area contributed by atoms with E-state index in [1.165, 1.54) is 14.2 Å². The zero-order valence-corrected chi connectivity index (χ0v) is 20.8. The maximum absolute atomic E-state index is 13.3. The number of benzene rings is 1. The second kappa shape index (κ2) is 10.9. The van der Waals surface area contributed by atoms with Crippen molar-refractivity contribution in [2.75, 3.05) is 19.5 Å². The van der Waals surface area contributed by atoms with Crippen LogP contribution in [-0.2, 0) is 4.84 Å². The Labute approximate surface area is 205 Å². The van der Waals surface area contributed by atoms with Crippen LogP contribution in [0.4, 0.5) is 5.69 Å². The van der Waals surface area contributed by atoms with Gasteiger partial charge in [0.15, 0.2) is 11.1 Å². The standard InChI is InChI=1S/C28H29N3O4/c1-8-10-12-20(9-2)26-18(4)25(32)22-16-17(3)15-21(27(22)35-26)19(5)30-23-13-11-14-29-24(23)28(33)31(6)34-7/h1,9-16,19,30H,2-7H3/b12-10-,20-9+. The molecule has 1 unspecified atom stereocenters. The number of hydroxylamine groups is 2. The normalized spacial score (nSPS) is 12.5. The third-order valence-corrected chi connectivity index (χ3v) is 5.73. The van der Waals surface area contributed by atoms with Gasteiger partial charge in [-0.15, -0.1) is 6.42 Å². The number of carbonyl (C=O) groups is 1. The summed E-state index contributed by atoms with van der Waals surface area (Å²) in [7, 11) is 2.93. The van der Waals surface area contributed by atoms with Gasteiger partial charge in [-0.2, -0.15) is 0 Å². The third kappa shape index (κ3) is 5.18. The van der Waals surface area contributed by atoms with Crippen LogP contribution in [0, 0.1) is 26.2 Å². The minimum atomic E-state index is -0.389. The van der Waals surface area contributed by atoms with Gasteiger partial charge in [-0.1, -0.05) is 18.1 Å². The molecule has 0 fully saturated rings. The number of hydrogen-bond acceptors (Lipinski definition) is 6. The van der Waals surface area contributed by atoms with E-state index in [-0.39, 0.29) is 23.1 Å². The first-order valence-electron chi connectivity index (χ1n) is 11.1. The molecule has 1 aromatic carbocycles. The molecule has 0 aliphatic carbocycles. The number of nitrogens with one attached hydrogen (secondary N) is 1. The van der Waals surface area contributed by atoms with Gasteiger partial charge in [-0.3, -0.25) is 14.4 Å². The van der Waals surface area contributed by atoms with Gasteiger partial charge in [-0.25, -0.2) is 10.0 Å². The fraction of sp³-hybridized carbons (Fsp3) is 0.250. The molecule has 0 saturated carbocycles. The Kier molecular flexibility index (Phi) is 7.90. The van der Waals surface area contributed by atoms with Crippen molar-refractivity contribution in [3.63, 3.8) is 0 Å². The Balaban J connectivity index is 2.17. The highest BCUT2D eigenvalue weighted by Gasteiger charge is 2.22. The number of terminal acetylenes is 1. The van der Waals surface area contributed by atoms with Crippen molar-refractivity contribution in [3.8, 4) is 12.3 Å². The van der Waals surface area contributed by atoms with Crippen LogP contribution in [0.3, 0.4) is 0 Å². The third-order valence-electron chi connectivity index (χ3n) is 5.73. The Morgan fingerprint density at radius 1 is 1.34 bits per heavy atom. The summed E-state index contributed by atoms with van der Waals surface area (Å²) in [5.41, 5.74) is 4.03. The molecule has 1 amide bonds. The van der Waals surface area contributed by atoms with E-state index in [4.69, 9.17) is 15.7 Å². The van der Waals surface area contributed by atoms with E-state index in [1.807, 2.05) is 39.0 Å². The van der Waals surface area contributed by atoms with Gasteiger partial charge < -0.3 is 9.73 Å². The first-order valence-corrected chi connectivity index (χ1v) is 11.1. The molecule has 180 valence electrons. The minimum Gasteiger partial charge on any atom is -0.455 e. The molecule has 2 aromatic heterocycles. The number of hydrogen-bond donors (Lipinski definition) is 1. The molecule has 2 heterocycles. The predicted octanol–water partition coefficient (Wildman–Crippen LogP) is 5.20.